The molecule has 2 aromatic rings. The molecule has 0 spiro atoms. The Morgan fingerprint density at radius 1 is 1.05 bits per heavy atom. The summed E-state index contributed by atoms with van der Waals surface area (Å²) < 4.78 is 12.9. The van der Waals surface area contributed by atoms with Crippen LogP contribution in [0.15, 0.2) is 60.7 Å². The van der Waals surface area contributed by atoms with Gasteiger partial charge in [0.25, 0.3) is 0 Å². The molecule has 21 heavy (non-hydrogen) atoms. The lowest BCUT2D eigenvalue weighted by molar-refractivity contribution is 0.104. The molecule has 3 nitrogen and oxygen atoms in total. The topological polar surface area (TPSA) is 55.1 Å². The number of carbonyl (C=O) groups is 1. The van der Waals surface area contributed by atoms with Crippen molar-refractivity contribution < 1.29 is 9.18 Å². The molecule has 0 unspecified atom stereocenters. The molecule has 0 fully saturated rings. The fraction of sp³-hybridized carbons (Fsp3) is 0.118. The number of hydrogen-bond acceptors (Lipinski definition) is 3. The van der Waals surface area contributed by atoms with Crippen LogP contribution in [-0.2, 0) is 0 Å². The Balaban J connectivity index is 2.27. The molecule has 0 amide bonds. The van der Waals surface area contributed by atoms with Crippen LogP contribution in [0.5, 0.6) is 0 Å². The minimum atomic E-state index is -0.361. The number of rotatable bonds is 6. The van der Waals surface area contributed by atoms with Crippen LogP contribution in [0.25, 0.3) is 5.70 Å². The number of nitrogens with one attached hydrogen (secondary N) is 1. The highest BCUT2D eigenvalue weighted by Gasteiger charge is 2.07. The van der Waals surface area contributed by atoms with Gasteiger partial charge in [0.15, 0.2) is 5.78 Å². The number of carbonyl (C=O) groups excluding carboxylic acids is 1. The van der Waals surface area contributed by atoms with E-state index in [1.54, 1.807) is 0 Å². The molecule has 0 heterocycles. The van der Waals surface area contributed by atoms with Crippen molar-refractivity contribution in [2.24, 2.45) is 5.73 Å². The molecule has 3 N–H and O–H groups in total. The van der Waals surface area contributed by atoms with Gasteiger partial charge in [-0.15, -0.1) is 0 Å². The summed E-state index contributed by atoms with van der Waals surface area (Å²) >= 11 is 0. The summed E-state index contributed by atoms with van der Waals surface area (Å²) in [5, 5.41) is 3.14. The predicted octanol–water partition coefficient (Wildman–Crippen LogP) is 2.60. The molecule has 0 bridgehead atoms. The van der Waals surface area contributed by atoms with Crippen LogP contribution in [0, 0.1) is 5.82 Å². The Hall–Kier alpha value is -2.46. The predicted molar refractivity (Wildman–Crippen MR) is 82.2 cm³/mol. The van der Waals surface area contributed by atoms with Crippen molar-refractivity contribution in [2.45, 2.75) is 0 Å². The summed E-state index contributed by atoms with van der Waals surface area (Å²) in [6.45, 7) is 1.03. The summed E-state index contributed by atoms with van der Waals surface area (Å²) in [4.78, 5) is 12.2. The minimum Gasteiger partial charge on any atom is -0.383 e. The number of nitrogens with two attached hydrogens (primary N) is 1. The Bertz CT molecular complexity index is 621. The van der Waals surface area contributed by atoms with Gasteiger partial charge in [-0.3, -0.25) is 4.79 Å². The average Bonchev–Trinajstić information content (AvgIpc) is 2.52. The molecule has 4 heteroatoms. The number of allylic oxidation sites excluding steroid dienone is 1. The van der Waals surface area contributed by atoms with Crippen LogP contribution in [0.4, 0.5) is 4.39 Å². The quantitative estimate of drug-likeness (QED) is 0.633. The van der Waals surface area contributed by atoms with E-state index in [-0.39, 0.29) is 11.6 Å². The van der Waals surface area contributed by atoms with Gasteiger partial charge in [-0.25, -0.2) is 4.39 Å². The van der Waals surface area contributed by atoms with Gasteiger partial charge >= 0.3 is 0 Å². The normalized spacial score (nSPS) is 11.2. The van der Waals surface area contributed by atoms with Crippen LogP contribution >= 0.6 is 0 Å². The van der Waals surface area contributed by atoms with Crippen LogP contribution in [-0.4, -0.2) is 18.9 Å². The van der Waals surface area contributed by atoms with E-state index in [1.165, 1.54) is 30.3 Å². The first-order valence-electron chi connectivity index (χ1n) is 6.71. The maximum atomic E-state index is 12.9. The third-order valence-corrected chi connectivity index (χ3v) is 2.95. The molecule has 0 radical (unpaired) electrons. The molecule has 0 aliphatic carbocycles. The van der Waals surface area contributed by atoms with Gasteiger partial charge in [0.1, 0.15) is 5.82 Å². The smallest absolute Gasteiger partial charge is 0.187 e. The maximum Gasteiger partial charge on any atom is 0.187 e. The SMILES string of the molecule is NCCN/C(=C\C(=O)c1ccc(F)cc1)c1ccccc1. The van der Waals surface area contributed by atoms with E-state index < -0.39 is 0 Å². The maximum absolute atomic E-state index is 12.9. The van der Waals surface area contributed by atoms with Crippen molar-refractivity contribution in [3.63, 3.8) is 0 Å². The van der Waals surface area contributed by atoms with Crippen LogP contribution in [0.1, 0.15) is 15.9 Å². The van der Waals surface area contributed by atoms with E-state index >= 15 is 0 Å². The standard InChI is InChI=1S/C17H17FN2O/c18-15-8-6-14(7-9-15)17(21)12-16(20-11-10-19)13-4-2-1-3-5-13/h1-9,12,20H,10-11,19H2/b16-12-. The van der Waals surface area contributed by atoms with Gasteiger partial charge in [0.2, 0.25) is 0 Å². The molecule has 2 rings (SSSR count). The first kappa shape index (κ1) is 14.9. The zero-order valence-corrected chi connectivity index (χ0v) is 11.6. The van der Waals surface area contributed by atoms with Crippen molar-refractivity contribution in [2.75, 3.05) is 13.1 Å². The zero-order valence-electron chi connectivity index (χ0n) is 11.6. The molecule has 0 saturated carbocycles. The van der Waals surface area contributed by atoms with Crippen molar-refractivity contribution in [3.8, 4) is 0 Å². The van der Waals surface area contributed by atoms with E-state index in [0.717, 1.165) is 5.56 Å². The lowest BCUT2D eigenvalue weighted by Crippen LogP contribution is -2.21. The van der Waals surface area contributed by atoms with Crippen molar-refractivity contribution >= 4 is 11.5 Å². The monoisotopic (exact) mass is 284 g/mol. The van der Waals surface area contributed by atoms with E-state index in [1.807, 2.05) is 30.3 Å². The van der Waals surface area contributed by atoms with Gasteiger partial charge in [0, 0.05) is 30.4 Å². The largest absolute Gasteiger partial charge is 0.383 e. The number of hydrogen-bond donors (Lipinski definition) is 2. The van der Waals surface area contributed by atoms with E-state index in [9.17, 15) is 9.18 Å². The molecule has 0 saturated heterocycles. The highest BCUT2D eigenvalue weighted by atomic mass is 19.1. The summed E-state index contributed by atoms with van der Waals surface area (Å²) in [5.74, 6) is -0.543. The number of ketones is 1. The van der Waals surface area contributed by atoms with Gasteiger partial charge in [-0.2, -0.15) is 0 Å². The van der Waals surface area contributed by atoms with Crippen molar-refractivity contribution in [1.29, 1.82) is 0 Å². The third-order valence-electron chi connectivity index (χ3n) is 2.95. The lowest BCUT2D eigenvalue weighted by atomic mass is 10.1. The molecule has 0 atom stereocenters. The second kappa shape index (κ2) is 7.36. The van der Waals surface area contributed by atoms with E-state index in [2.05, 4.69) is 5.32 Å². The van der Waals surface area contributed by atoms with Crippen LogP contribution in [0.3, 0.4) is 0 Å². The average molecular weight is 284 g/mol. The highest BCUT2D eigenvalue weighted by molar-refractivity contribution is 6.08. The third kappa shape index (κ3) is 4.26. The Morgan fingerprint density at radius 2 is 1.71 bits per heavy atom. The second-order valence-corrected chi connectivity index (χ2v) is 4.51. The molecular formula is C17H17FN2O. The van der Waals surface area contributed by atoms with E-state index in [4.69, 9.17) is 5.73 Å². The summed E-state index contributed by atoms with van der Waals surface area (Å²) in [6, 6.07) is 15.0. The second-order valence-electron chi connectivity index (χ2n) is 4.51. The van der Waals surface area contributed by atoms with Crippen LogP contribution < -0.4 is 11.1 Å². The fourth-order valence-electron chi connectivity index (χ4n) is 1.89. The number of halogens is 1. The highest BCUT2D eigenvalue weighted by Crippen LogP contribution is 2.13. The van der Waals surface area contributed by atoms with Gasteiger partial charge in [-0.05, 0) is 29.8 Å². The molecule has 108 valence electrons. The fourth-order valence-corrected chi connectivity index (χ4v) is 1.89. The van der Waals surface area contributed by atoms with Crippen molar-refractivity contribution in [1.82, 2.24) is 5.32 Å². The molecular weight excluding hydrogens is 267 g/mol. The van der Waals surface area contributed by atoms with Gasteiger partial charge in [-0.1, -0.05) is 30.3 Å². The summed E-state index contributed by atoms with van der Waals surface area (Å²) in [7, 11) is 0. The Labute approximate surface area is 123 Å². The first-order valence-corrected chi connectivity index (χ1v) is 6.71. The number of benzene rings is 2. The minimum absolute atomic E-state index is 0.182. The lowest BCUT2D eigenvalue weighted by Gasteiger charge is -2.10. The summed E-state index contributed by atoms with van der Waals surface area (Å²) in [5.41, 5.74) is 7.55. The van der Waals surface area contributed by atoms with Crippen LogP contribution in [0.2, 0.25) is 0 Å². The van der Waals surface area contributed by atoms with Gasteiger partial charge < -0.3 is 11.1 Å². The molecule has 0 aliphatic heterocycles. The first-order chi connectivity index (χ1) is 10.2. The molecule has 0 aliphatic rings. The Morgan fingerprint density at radius 3 is 2.33 bits per heavy atom. The molecule has 2 aromatic carbocycles. The van der Waals surface area contributed by atoms with Crippen molar-refractivity contribution in [3.05, 3.63) is 77.6 Å². The Kier molecular flexibility index (Phi) is 5.23. The summed E-state index contributed by atoms with van der Waals surface area (Å²) in [6.07, 6.45) is 1.51. The van der Waals surface area contributed by atoms with Gasteiger partial charge in [0.05, 0.1) is 0 Å². The molecule has 0 aromatic heterocycles. The van der Waals surface area contributed by atoms with E-state index in [0.29, 0.717) is 24.4 Å². The zero-order chi connectivity index (χ0) is 15.1.